The van der Waals surface area contributed by atoms with Gasteiger partial charge >= 0.3 is 0 Å². The number of carbonyl (C=O) groups is 2. The predicted octanol–water partition coefficient (Wildman–Crippen LogP) is 1.53. The number of carbonyl (C=O) groups excluding carboxylic acids is 2. The van der Waals surface area contributed by atoms with Crippen LogP contribution < -0.4 is 5.32 Å². The normalized spacial score (nSPS) is 19.0. The highest BCUT2D eigenvalue weighted by molar-refractivity contribution is 5.94. The minimum atomic E-state index is -0.857. The molecule has 2 aliphatic heterocycles. The molecule has 138 valence electrons. The van der Waals surface area contributed by atoms with Crippen LogP contribution in [0.25, 0.3) is 0 Å². The molecule has 2 fully saturated rings. The smallest absolute Gasteiger partial charge is 0.256 e. The van der Waals surface area contributed by atoms with Crippen molar-refractivity contribution in [2.45, 2.75) is 6.92 Å². The Morgan fingerprint density at radius 3 is 2.24 bits per heavy atom. The van der Waals surface area contributed by atoms with E-state index >= 15 is 0 Å². The van der Waals surface area contributed by atoms with Crippen molar-refractivity contribution >= 4 is 24.2 Å². The summed E-state index contributed by atoms with van der Waals surface area (Å²) in [5.74, 6) is -1.56. The highest BCUT2D eigenvalue weighted by atomic mass is 35.5. The molecule has 2 saturated heterocycles. The number of hydrogen-bond acceptors (Lipinski definition) is 3. The lowest BCUT2D eigenvalue weighted by atomic mass is 9.88. The average Bonchev–Trinajstić information content (AvgIpc) is 2.52. The van der Waals surface area contributed by atoms with Crippen molar-refractivity contribution in [2.24, 2.45) is 11.8 Å². The lowest BCUT2D eigenvalue weighted by Crippen LogP contribution is -2.55. The first-order valence-electron chi connectivity index (χ1n) is 8.21. The van der Waals surface area contributed by atoms with E-state index in [0.29, 0.717) is 38.2 Å². The van der Waals surface area contributed by atoms with Crippen LogP contribution in [0.4, 0.5) is 8.78 Å². The Hall–Kier alpha value is -1.73. The molecule has 0 spiro atoms. The summed E-state index contributed by atoms with van der Waals surface area (Å²) < 4.78 is 26.7. The van der Waals surface area contributed by atoms with Gasteiger partial charge in [0.05, 0.1) is 5.56 Å². The van der Waals surface area contributed by atoms with Gasteiger partial charge in [0.15, 0.2) is 0 Å². The molecule has 8 heteroatoms. The van der Waals surface area contributed by atoms with Crippen molar-refractivity contribution in [3.8, 4) is 0 Å². The molecular weight excluding hydrogens is 352 g/mol. The van der Waals surface area contributed by atoms with Crippen LogP contribution in [0.1, 0.15) is 17.3 Å². The van der Waals surface area contributed by atoms with Crippen molar-refractivity contribution in [1.29, 1.82) is 0 Å². The maximum absolute atomic E-state index is 13.7. The number of halogens is 3. The van der Waals surface area contributed by atoms with E-state index in [4.69, 9.17) is 0 Å². The van der Waals surface area contributed by atoms with Gasteiger partial charge in [0.25, 0.3) is 5.91 Å². The zero-order chi connectivity index (χ0) is 17.3. The molecular formula is C17H22ClF2N3O2. The number of piperazine rings is 1. The fourth-order valence-electron chi connectivity index (χ4n) is 3.12. The van der Waals surface area contributed by atoms with Gasteiger partial charge < -0.3 is 15.1 Å². The number of nitrogens with zero attached hydrogens (tertiary/aromatic N) is 2. The number of benzene rings is 1. The predicted molar refractivity (Wildman–Crippen MR) is 91.6 cm³/mol. The third kappa shape index (κ3) is 4.10. The van der Waals surface area contributed by atoms with Crippen molar-refractivity contribution < 1.29 is 18.4 Å². The molecule has 0 saturated carbocycles. The lowest BCUT2D eigenvalue weighted by molar-refractivity contribution is -0.138. The zero-order valence-corrected chi connectivity index (χ0v) is 14.8. The Morgan fingerprint density at radius 2 is 1.72 bits per heavy atom. The Bertz CT molecular complexity index is 647. The van der Waals surface area contributed by atoms with Gasteiger partial charge in [-0.05, 0) is 31.1 Å². The van der Waals surface area contributed by atoms with Gasteiger partial charge in [0, 0.05) is 38.2 Å². The molecule has 5 nitrogen and oxygen atoms in total. The Labute approximate surface area is 151 Å². The van der Waals surface area contributed by atoms with Gasteiger partial charge in [-0.15, -0.1) is 12.4 Å². The largest absolute Gasteiger partial charge is 0.339 e. The zero-order valence-electron chi connectivity index (χ0n) is 14.0. The summed E-state index contributed by atoms with van der Waals surface area (Å²) in [4.78, 5) is 28.1. The molecule has 1 aromatic carbocycles. The maximum atomic E-state index is 13.7. The van der Waals surface area contributed by atoms with Crippen LogP contribution in [0.3, 0.4) is 0 Å². The second-order valence-corrected chi connectivity index (χ2v) is 6.45. The average molecular weight is 374 g/mol. The molecule has 0 aromatic heterocycles. The van der Waals surface area contributed by atoms with E-state index < -0.39 is 17.5 Å². The summed E-state index contributed by atoms with van der Waals surface area (Å²) in [5.41, 5.74) is -0.134. The first kappa shape index (κ1) is 19.6. The van der Waals surface area contributed by atoms with Crippen LogP contribution in [-0.2, 0) is 4.79 Å². The van der Waals surface area contributed by atoms with E-state index in [9.17, 15) is 18.4 Å². The topological polar surface area (TPSA) is 52.7 Å². The summed E-state index contributed by atoms with van der Waals surface area (Å²) in [6.45, 7) is 5.29. The molecule has 1 atom stereocenters. The van der Waals surface area contributed by atoms with Gasteiger partial charge in [0.2, 0.25) is 5.91 Å². The summed E-state index contributed by atoms with van der Waals surface area (Å²) in [5, 5.41) is 3.16. The minimum Gasteiger partial charge on any atom is -0.339 e. The summed E-state index contributed by atoms with van der Waals surface area (Å²) in [6.07, 6.45) is 0. The highest BCUT2D eigenvalue weighted by Gasteiger charge is 2.33. The monoisotopic (exact) mass is 373 g/mol. The van der Waals surface area contributed by atoms with Gasteiger partial charge in [-0.2, -0.15) is 0 Å². The second kappa shape index (κ2) is 8.10. The fourth-order valence-corrected chi connectivity index (χ4v) is 3.12. The maximum Gasteiger partial charge on any atom is 0.256 e. The molecule has 2 amide bonds. The van der Waals surface area contributed by atoms with Crippen LogP contribution in [0, 0.1) is 23.5 Å². The van der Waals surface area contributed by atoms with Crippen LogP contribution in [0.15, 0.2) is 18.2 Å². The third-order valence-electron chi connectivity index (χ3n) is 4.95. The van der Waals surface area contributed by atoms with E-state index in [-0.39, 0.29) is 29.8 Å². The van der Waals surface area contributed by atoms with Gasteiger partial charge in [-0.25, -0.2) is 8.78 Å². The van der Waals surface area contributed by atoms with Crippen molar-refractivity contribution in [3.05, 3.63) is 35.4 Å². The van der Waals surface area contributed by atoms with E-state index in [1.807, 2.05) is 6.92 Å². The quantitative estimate of drug-likeness (QED) is 0.874. The fraction of sp³-hybridized carbons (Fsp3) is 0.529. The van der Waals surface area contributed by atoms with E-state index in [0.717, 1.165) is 25.2 Å². The lowest BCUT2D eigenvalue weighted by Gasteiger charge is -2.39. The number of amides is 2. The van der Waals surface area contributed by atoms with E-state index in [1.165, 1.54) is 4.90 Å². The van der Waals surface area contributed by atoms with Crippen LogP contribution in [-0.4, -0.2) is 60.9 Å². The van der Waals surface area contributed by atoms with Crippen molar-refractivity contribution in [3.63, 3.8) is 0 Å². The van der Waals surface area contributed by atoms with Gasteiger partial charge in [-0.1, -0.05) is 6.92 Å². The van der Waals surface area contributed by atoms with Crippen molar-refractivity contribution in [2.75, 3.05) is 39.3 Å². The second-order valence-electron chi connectivity index (χ2n) is 6.45. The number of rotatable bonds is 3. The minimum absolute atomic E-state index is 0. The molecule has 0 radical (unpaired) electrons. The molecule has 3 rings (SSSR count). The van der Waals surface area contributed by atoms with Crippen LogP contribution in [0.2, 0.25) is 0 Å². The highest BCUT2D eigenvalue weighted by Crippen LogP contribution is 2.20. The molecule has 1 unspecified atom stereocenters. The van der Waals surface area contributed by atoms with Gasteiger partial charge in [-0.3, -0.25) is 9.59 Å². The Morgan fingerprint density at radius 1 is 1.12 bits per heavy atom. The SMILES string of the molecule is CC(C(=O)N1CCN(C(=O)c2ccc(F)cc2F)CC1)C1CNC1.Cl. The summed E-state index contributed by atoms with van der Waals surface area (Å²) >= 11 is 0. The number of hydrogen-bond donors (Lipinski definition) is 1. The first-order valence-corrected chi connectivity index (χ1v) is 8.21. The van der Waals surface area contributed by atoms with Crippen LogP contribution >= 0.6 is 12.4 Å². The molecule has 1 aromatic rings. The first-order chi connectivity index (χ1) is 11.5. The molecule has 0 bridgehead atoms. The summed E-state index contributed by atoms with van der Waals surface area (Å²) in [7, 11) is 0. The van der Waals surface area contributed by atoms with Crippen molar-refractivity contribution in [1.82, 2.24) is 15.1 Å². The third-order valence-corrected chi connectivity index (χ3v) is 4.95. The standard InChI is InChI=1S/C17H21F2N3O2.ClH/c1-11(12-9-20-10-12)16(23)21-4-6-22(7-5-21)17(24)14-3-2-13(18)8-15(14)19;/h2-3,8,11-12,20H,4-7,9-10H2,1H3;1H. The van der Waals surface area contributed by atoms with Crippen LogP contribution in [0.5, 0.6) is 0 Å². The Kier molecular flexibility index (Phi) is 6.35. The Balaban J connectivity index is 0.00000225. The summed E-state index contributed by atoms with van der Waals surface area (Å²) in [6, 6.07) is 2.95. The van der Waals surface area contributed by atoms with Gasteiger partial charge in [0.1, 0.15) is 11.6 Å². The molecule has 0 aliphatic carbocycles. The molecule has 25 heavy (non-hydrogen) atoms. The molecule has 2 aliphatic rings. The van der Waals surface area contributed by atoms with E-state index in [2.05, 4.69) is 5.32 Å². The van der Waals surface area contributed by atoms with E-state index in [1.54, 1.807) is 4.90 Å². The number of nitrogens with one attached hydrogen (secondary N) is 1. The molecule has 1 N–H and O–H groups in total. The molecule has 2 heterocycles.